The van der Waals surface area contributed by atoms with E-state index in [4.69, 9.17) is 27.9 Å². The summed E-state index contributed by atoms with van der Waals surface area (Å²) in [6, 6.07) is 14.0. The molecule has 0 aromatic heterocycles. The number of ether oxygens (including phenoxy) is 1. The third-order valence-electron chi connectivity index (χ3n) is 8.31. The molecule has 2 heterocycles. The molecule has 14 heteroatoms. The molecule has 1 amide bonds. The van der Waals surface area contributed by atoms with Gasteiger partial charge in [-0.15, -0.1) is 11.6 Å². The van der Waals surface area contributed by atoms with Gasteiger partial charge in [0.1, 0.15) is 5.50 Å². The highest BCUT2D eigenvalue weighted by atomic mass is 35.5. The lowest BCUT2D eigenvalue weighted by Gasteiger charge is -2.55. The maximum atomic E-state index is 14.0. The third-order valence-corrected chi connectivity index (χ3v) is 10.0. The predicted molar refractivity (Wildman–Crippen MR) is 164 cm³/mol. The zero-order valence-corrected chi connectivity index (χ0v) is 26.5. The first-order valence-corrected chi connectivity index (χ1v) is 15.7. The number of carbonyl (C=O) groups excluding carboxylic acids is 1. The summed E-state index contributed by atoms with van der Waals surface area (Å²) < 4.78 is 87.7. The largest absolute Gasteiger partial charge is 0.416 e. The quantitative estimate of drug-likeness (QED) is 0.124. The van der Waals surface area contributed by atoms with Crippen LogP contribution in [0.25, 0.3) is 10.8 Å². The van der Waals surface area contributed by atoms with Gasteiger partial charge in [-0.3, -0.25) is 14.6 Å². The minimum Gasteiger partial charge on any atom is -0.378 e. The van der Waals surface area contributed by atoms with Crippen molar-refractivity contribution in [2.24, 2.45) is 0 Å². The van der Waals surface area contributed by atoms with Crippen LogP contribution in [0.15, 0.2) is 60.7 Å². The monoisotopic (exact) mass is 693 g/mol. The number of hydrogen-bond acceptors (Lipinski definition) is 5. The summed E-state index contributed by atoms with van der Waals surface area (Å²) >= 11 is 19.2. The molecule has 244 valence electrons. The van der Waals surface area contributed by atoms with Crippen molar-refractivity contribution in [2.45, 2.75) is 54.2 Å². The summed E-state index contributed by atoms with van der Waals surface area (Å²) in [5, 5.41) is 1.59. The van der Waals surface area contributed by atoms with Crippen LogP contribution < -0.4 is 0 Å². The Kier molecular flexibility index (Phi) is 9.95. The number of alkyl halides is 8. The number of carbonyl (C=O) groups is 1. The van der Waals surface area contributed by atoms with Gasteiger partial charge >= 0.3 is 12.4 Å². The van der Waals surface area contributed by atoms with Crippen molar-refractivity contribution in [1.29, 1.82) is 0 Å². The molecule has 45 heavy (non-hydrogen) atoms. The number of fused-ring (bicyclic) bond motifs is 1. The van der Waals surface area contributed by atoms with Gasteiger partial charge < -0.3 is 9.64 Å². The number of thiol groups is 1. The Hall–Kier alpha value is -2.22. The molecular weight excluding hydrogens is 663 g/mol. The van der Waals surface area contributed by atoms with Crippen LogP contribution in [0.2, 0.25) is 0 Å². The first kappa shape index (κ1) is 34.1. The number of piperazine rings is 1. The van der Waals surface area contributed by atoms with Crippen LogP contribution in [-0.4, -0.2) is 75.5 Å². The van der Waals surface area contributed by atoms with Crippen LogP contribution >= 0.6 is 35.8 Å². The van der Waals surface area contributed by atoms with E-state index in [0.717, 1.165) is 15.7 Å². The smallest absolute Gasteiger partial charge is 0.378 e. The van der Waals surface area contributed by atoms with Gasteiger partial charge in [0.15, 0.2) is 5.00 Å². The van der Waals surface area contributed by atoms with E-state index in [2.05, 4.69) is 17.5 Å². The Balaban J connectivity index is 1.58. The minimum absolute atomic E-state index is 0.00977. The number of nitrogens with zero attached hydrogens (tertiary/aromatic N) is 3. The number of amides is 1. The SMILES string of the molecule is CC[C@@H](N1CCN(C(=O)c2cc(C(F)(F)F)cc(C(F)(F)F)c2)[C@@](Cl)(Cc2ccc3ccccc3c2)C1Cl)N1CCOC[C@H]1S. The first-order valence-electron chi connectivity index (χ1n) is 14.3. The second kappa shape index (κ2) is 13.1. The average molecular weight is 695 g/mol. The summed E-state index contributed by atoms with van der Waals surface area (Å²) in [4.78, 5) is 17.4. The fourth-order valence-corrected chi connectivity index (χ4v) is 7.37. The number of benzene rings is 3. The molecule has 2 fully saturated rings. The van der Waals surface area contributed by atoms with E-state index in [1.807, 2.05) is 54.3 Å². The van der Waals surface area contributed by atoms with Crippen LogP contribution in [0.3, 0.4) is 0 Å². The molecule has 0 aliphatic carbocycles. The third kappa shape index (κ3) is 7.06. The van der Waals surface area contributed by atoms with Crippen molar-refractivity contribution in [3.8, 4) is 0 Å². The van der Waals surface area contributed by atoms with Crippen molar-refractivity contribution in [3.63, 3.8) is 0 Å². The first-order chi connectivity index (χ1) is 21.1. The summed E-state index contributed by atoms with van der Waals surface area (Å²) in [6.07, 6.45) is -9.97. The van der Waals surface area contributed by atoms with Gasteiger partial charge in [0.05, 0.1) is 35.9 Å². The number of morpholine rings is 1. The number of halogens is 8. The van der Waals surface area contributed by atoms with Gasteiger partial charge in [0, 0.05) is 31.6 Å². The Labute approximate surface area is 272 Å². The molecule has 5 rings (SSSR count). The van der Waals surface area contributed by atoms with E-state index in [-0.39, 0.29) is 37.1 Å². The summed E-state index contributed by atoms with van der Waals surface area (Å²) in [5.41, 5.74) is -4.37. The molecule has 0 spiro atoms. The van der Waals surface area contributed by atoms with Gasteiger partial charge in [0.25, 0.3) is 5.91 Å². The van der Waals surface area contributed by atoms with Gasteiger partial charge in [-0.05, 0) is 41.0 Å². The molecule has 5 nitrogen and oxygen atoms in total. The van der Waals surface area contributed by atoms with E-state index in [1.165, 1.54) is 0 Å². The molecule has 3 aromatic carbocycles. The highest BCUT2D eigenvalue weighted by Gasteiger charge is 2.53. The number of rotatable bonds is 6. The van der Waals surface area contributed by atoms with Crippen LogP contribution in [0, 0.1) is 0 Å². The predicted octanol–water partition coefficient (Wildman–Crippen LogP) is 7.70. The average Bonchev–Trinajstić information content (AvgIpc) is 2.99. The Morgan fingerprint density at radius 1 is 0.956 bits per heavy atom. The zero-order valence-electron chi connectivity index (χ0n) is 24.1. The van der Waals surface area contributed by atoms with E-state index >= 15 is 0 Å². The van der Waals surface area contributed by atoms with Crippen molar-refractivity contribution >= 4 is 52.5 Å². The van der Waals surface area contributed by atoms with E-state index in [9.17, 15) is 31.1 Å². The van der Waals surface area contributed by atoms with Crippen LogP contribution in [0.4, 0.5) is 26.3 Å². The maximum Gasteiger partial charge on any atom is 0.416 e. The Bertz CT molecular complexity index is 1510. The molecule has 0 N–H and O–H groups in total. The lowest BCUT2D eigenvalue weighted by atomic mass is 9.96. The van der Waals surface area contributed by atoms with Crippen molar-refractivity contribution < 1.29 is 35.9 Å². The molecule has 0 bridgehead atoms. The lowest BCUT2D eigenvalue weighted by Crippen LogP contribution is -2.70. The fourth-order valence-electron chi connectivity index (χ4n) is 6.13. The van der Waals surface area contributed by atoms with Crippen molar-refractivity contribution in [1.82, 2.24) is 14.7 Å². The lowest BCUT2D eigenvalue weighted by molar-refractivity contribution is -0.143. The molecule has 3 aromatic rings. The summed E-state index contributed by atoms with van der Waals surface area (Å²) in [5.74, 6) is -1.08. The maximum absolute atomic E-state index is 14.0. The highest BCUT2D eigenvalue weighted by molar-refractivity contribution is 7.80. The summed E-state index contributed by atoms with van der Waals surface area (Å²) in [6.45, 7) is 3.43. The van der Waals surface area contributed by atoms with Gasteiger partial charge in [-0.2, -0.15) is 39.0 Å². The molecular formula is C31H31Cl2F6N3O2S. The second-order valence-electron chi connectivity index (χ2n) is 11.2. The summed E-state index contributed by atoms with van der Waals surface area (Å²) in [7, 11) is 0. The second-order valence-corrected chi connectivity index (χ2v) is 12.8. The van der Waals surface area contributed by atoms with Gasteiger partial charge in [0.2, 0.25) is 0 Å². The topological polar surface area (TPSA) is 36.0 Å². The molecule has 0 radical (unpaired) electrons. The van der Waals surface area contributed by atoms with Crippen LogP contribution in [0.1, 0.15) is 40.4 Å². The molecule has 1 unspecified atom stereocenters. The van der Waals surface area contributed by atoms with E-state index in [1.54, 1.807) is 0 Å². The molecule has 2 aliphatic rings. The molecule has 2 saturated heterocycles. The Morgan fingerprint density at radius 3 is 2.20 bits per heavy atom. The molecule has 0 saturated carbocycles. The molecule has 4 atom stereocenters. The standard InChI is InChI=1S/C31H31Cl2F6N3O2S/c1-2-25(40-11-12-44-18-26(40)45)41-9-10-42(27(43)22-14-23(30(34,35)36)16-24(15-22)31(37,38)39)29(33,28(41)32)17-19-7-8-20-5-3-4-6-21(20)13-19/h3-8,13-16,25-26,28,45H,2,9-12,17-18H2,1H3/t25-,26-,28?,29+/m1/s1. The van der Waals surface area contributed by atoms with Crippen molar-refractivity contribution in [3.05, 3.63) is 82.9 Å². The van der Waals surface area contributed by atoms with Gasteiger partial charge in [-0.1, -0.05) is 61.0 Å². The van der Waals surface area contributed by atoms with Crippen LogP contribution in [0.5, 0.6) is 0 Å². The van der Waals surface area contributed by atoms with Crippen molar-refractivity contribution in [2.75, 3.05) is 32.8 Å². The Morgan fingerprint density at radius 2 is 1.60 bits per heavy atom. The number of hydrogen-bond donors (Lipinski definition) is 1. The fraction of sp³-hybridized carbons (Fsp3) is 0.452. The normalized spacial score (nSPS) is 24.6. The van der Waals surface area contributed by atoms with E-state index in [0.29, 0.717) is 43.9 Å². The zero-order chi connectivity index (χ0) is 32.7. The highest BCUT2D eigenvalue weighted by Crippen LogP contribution is 2.43. The van der Waals surface area contributed by atoms with Crippen LogP contribution in [-0.2, 0) is 23.5 Å². The van der Waals surface area contributed by atoms with E-state index < -0.39 is 45.4 Å². The molecule has 2 aliphatic heterocycles. The van der Waals surface area contributed by atoms with Gasteiger partial charge in [-0.25, -0.2) is 0 Å². The minimum atomic E-state index is -5.12.